The number of aliphatic hydroxyl groups is 1. The van der Waals surface area contributed by atoms with Gasteiger partial charge in [0.2, 0.25) is 0 Å². The van der Waals surface area contributed by atoms with Crippen molar-refractivity contribution in [2.45, 2.75) is 38.4 Å². The third-order valence-corrected chi connectivity index (χ3v) is 4.68. The van der Waals surface area contributed by atoms with Gasteiger partial charge in [0, 0.05) is 43.9 Å². The van der Waals surface area contributed by atoms with Crippen molar-refractivity contribution in [1.82, 2.24) is 9.97 Å². The Morgan fingerprint density at radius 2 is 2.21 bits per heavy atom. The molecular weight excluding hydrogens is 242 g/mol. The maximum absolute atomic E-state index is 10.2. The quantitative estimate of drug-likeness (QED) is 0.889. The summed E-state index contributed by atoms with van der Waals surface area (Å²) in [5, 5.41) is 10.2. The molecule has 1 saturated heterocycles. The third-order valence-electron chi connectivity index (χ3n) is 4.68. The van der Waals surface area contributed by atoms with E-state index in [9.17, 15) is 5.11 Å². The van der Waals surface area contributed by atoms with Crippen LogP contribution >= 0.6 is 0 Å². The van der Waals surface area contributed by atoms with E-state index in [0.29, 0.717) is 0 Å². The molecule has 3 rings (SSSR count). The molecule has 5 heteroatoms. The molecule has 104 valence electrons. The van der Waals surface area contributed by atoms with Gasteiger partial charge in [-0.3, -0.25) is 4.98 Å². The molecule has 1 aliphatic heterocycles. The first-order valence-electron chi connectivity index (χ1n) is 7.07. The van der Waals surface area contributed by atoms with Crippen molar-refractivity contribution < 1.29 is 9.84 Å². The van der Waals surface area contributed by atoms with E-state index >= 15 is 0 Å². The molecule has 2 fully saturated rings. The molecule has 1 aliphatic carbocycles. The number of piperidine rings is 1. The Balaban J connectivity index is 1.66. The Labute approximate surface area is 113 Å². The van der Waals surface area contributed by atoms with Crippen molar-refractivity contribution in [2.75, 3.05) is 24.6 Å². The van der Waals surface area contributed by atoms with Gasteiger partial charge in [0.1, 0.15) is 5.82 Å². The van der Waals surface area contributed by atoms with E-state index in [0.717, 1.165) is 44.8 Å². The summed E-state index contributed by atoms with van der Waals surface area (Å²) in [6.07, 6.45) is 7.97. The van der Waals surface area contributed by atoms with E-state index in [4.69, 9.17) is 4.74 Å². The highest BCUT2D eigenvalue weighted by molar-refractivity contribution is 5.36. The summed E-state index contributed by atoms with van der Waals surface area (Å²) >= 11 is 0. The lowest BCUT2D eigenvalue weighted by Crippen LogP contribution is -2.62. The first-order chi connectivity index (χ1) is 9.26. The van der Waals surface area contributed by atoms with Gasteiger partial charge in [0.25, 0.3) is 0 Å². The number of rotatable bonds is 3. The maximum atomic E-state index is 10.2. The van der Waals surface area contributed by atoms with Gasteiger partial charge in [0.15, 0.2) is 0 Å². The van der Waals surface area contributed by atoms with E-state index in [2.05, 4.69) is 14.9 Å². The molecule has 0 bridgehead atoms. The highest BCUT2D eigenvalue weighted by atomic mass is 16.5. The van der Waals surface area contributed by atoms with Crippen molar-refractivity contribution >= 4 is 5.82 Å². The largest absolute Gasteiger partial charge is 0.392 e. The molecule has 2 aliphatic rings. The average Bonchev–Trinajstić information content (AvgIpc) is 2.48. The molecule has 19 heavy (non-hydrogen) atoms. The summed E-state index contributed by atoms with van der Waals surface area (Å²) in [5.41, 5.74) is -0.0191. The second-order valence-electron chi connectivity index (χ2n) is 5.48. The van der Waals surface area contributed by atoms with Gasteiger partial charge in [-0.05, 0) is 19.8 Å². The number of ether oxygens (including phenoxy) is 1. The smallest absolute Gasteiger partial charge is 0.147 e. The van der Waals surface area contributed by atoms with Gasteiger partial charge in [-0.25, -0.2) is 4.98 Å². The molecule has 1 aromatic rings. The van der Waals surface area contributed by atoms with Crippen LogP contribution in [0.25, 0.3) is 0 Å². The summed E-state index contributed by atoms with van der Waals surface area (Å²) in [6, 6.07) is 0. The van der Waals surface area contributed by atoms with Crippen molar-refractivity contribution in [3.63, 3.8) is 0 Å². The Morgan fingerprint density at radius 1 is 1.42 bits per heavy atom. The minimum atomic E-state index is -0.201. The third kappa shape index (κ3) is 2.11. The van der Waals surface area contributed by atoms with E-state index in [1.165, 1.54) is 0 Å². The highest BCUT2D eigenvalue weighted by Gasteiger charge is 2.56. The SMILES string of the molecule is CCO[C@H]1C[C@@H](O)C12CCN(c1cnccn1)CC2. The van der Waals surface area contributed by atoms with Crippen LogP contribution in [0, 0.1) is 5.41 Å². The highest BCUT2D eigenvalue weighted by Crippen LogP contribution is 2.51. The van der Waals surface area contributed by atoms with Gasteiger partial charge in [-0.1, -0.05) is 0 Å². The molecule has 0 radical (unpaired) electrons. The van der Waals surface area contributed by atoms with E-state index in [1.54, 1.807) is 18.6 Å². The van der Waals surface area contributed by atoms with Crippen LogP contribution in [0.3, 0.4) is 0 Å². The number of anilines is 1. The second-order valence-corrected chi connectivity index (χ2v) is 5.48. The fraction of sp³-hybridized carbons (Fsp3) is 0.714. The Hall–Kier alpha value is -1.20. The van der Waals surface area contributed by atoms with Crippen molar-refractivity contribution in [3.8, 4) is 0 Å². The van der Waals surface area contributed by atoms with Crippen molar-refractivity contribution in [2.24, 2.45) is 5.41 Å². The first-order valence-corrected chi connectivity index (χ1v) is 7.07. The van der Waals surface area contributed by atoms with Crippen LogP contribution in [0.1, 0.15) is 26.2 Å². The Morgan fingerprint density at radius 3 is 2.79 bits per heavy atom. The number of aromatic nitrogens is 2. The first kappa shape index (κ1) is 12.8. The van der Waals surface area contributed by atoms with Crippen LogP contribution in [0.4, 0.5) is 5.82 Å². The van der Waals surface area contributed by atoms with E-state index in [1.807, 2.05) is 6.92 Å². The van der Waals surface area contributed by atoms with Crippen molar-refractivity contribution in [1.29, 1.82) is 0 Å². The van der Waals surface area contributed by atoms with Crippen LogP contribution in [0.2, 0.25) is 0 Å². The second kappa shape index (κ2) is 5.06. The summed E-state index contributed by atoms with van der Waals surface area (Å²) in [5.74, 6) is 0.930. The summed E-state index contributed by atoms with van der Waals surface area (Å²) in [7, 11) is 0. The molecular formula is C14H21N3O2. The summed E-state index contributed by atoms with van der Waals surface area (Å²) < 4.78 is 5.78. The Bertz CT molecular complexity index is 416. The lowest BCUT2D eigenvalue weighted by molar-refractivity contribution is -0.199. The number of nitrogens with zero attached hydrogens (tertiary/aromatic N) is 3. The Kier molecular flexibility index (Phi) is 3.41. The summed E-state index contributed by atoms with van der Waals surface area (Å²) in [6.45, 7) is 4.58. The lowest BCUT2D eigenvalue weighted by Gasteiger charge is -2.56. The lowest BCUT2D eigenvalue weighted by atomic mass is 9.58. The standard InChI is InChI=1S/C14H21N3O2/c1-2-19-12-9-11(18)14(12)3-7-17(8-4-14)13-10-15-5-6-16-13/h5-6,10-12,18H,2-4,7-9H2,1H3/t11-,12+/m1/s1. The van der Waals surface area contributed by atoms with Crippen LogP contribution in [-0.2, 0) is 4.74 Å². The van der Waals surface area contributed by atoms with E-state index < -0.39 is 0 Å². The molecule has 1 aromatic heterocycles. The van der Waals surface area contributed by atoms with Gasteiger partial charge < -0.3 is 14.7 Å². The van der Waals surface area contributed by atoms with Crippen LogP contribution in [0.15, 0.2) is 18.6 Å². The average molecular weight is 263 g/mol. The zero-order valence-corrected chi connectivity index (χ0v) is 11.3. The molecule has 1 spiro atoms. The minimum Gasteiger partial charge on any atom is -0.392 e. The zero-order valence-electron chi connectivity index (χ0n) is 11.3. The molecule has 1 N–H and O–H groups in total. The molecule has 0 unspecified atom stereocenters. The van der Waals surface area contributed by atoms with Gasteiger partial charge in [0.05, 0.1) is 18.4 Å². The van der Waals surface area contributed by atoms with E-state index in [-0.39, 0.29) is 17.6 Å². The van der Waals surface area contributed by atoms with Crippen LogP contribution in [0.5, 0.6) is 0 Å². The fourth-order valence-electron chi connectivity index (χ4n) is 3.42. The van der Waals surface area contributed by atoms with Gasteiger partial charge >= 0.3 is 0 Å². The molecule has 0 amide bonds. The van der Waals surface area contributed by atoms with Crippen molar-refractivity contribution in [3.05, 3.63) is 18.6 Å². The zero-order chi connectivity index (χ0) is 13.3. The molecule has 2 heterocycles. The van der Waals surface area contributed by atoms with Crippen LogP contribution < -0.4 is 4.90 Å². The maximum Gasteiger partial charge on any atom is 0.147 e. The summed E-state index contributed by atoms with van der Waals surface area (Å²) in [4.78, 5) is 10.7. The van der Waals surface area contributed by atoms with Gasteiger partial charge in [-0.2, -0.15) is 0 Å². The molecule has 5 nitrogen and oxygen atoms in total. The predicted octanol–water partition coefficient (Wildman–Crippen LogP) is 1.23. The predicted molar refractivity (Wildman–Crippen MR) is 71.9 cm³/mol. The number of hydrogen-bond acceptors (Lipinski definition) is 5. The fourth-order valence-corrected chi connectivity index (χ4v) is 3.42. The number of hydrogen-bond donors (Lipinski definition) is 1. The topological polar surface area (TPSA) is 58.5 Å². The molecule has 0 aromatic carbocycles. The molecule has 1 saturated carbocycles. The normalized spacial score (nSPS) is 29.3. The van der Waals surface area contributed by atoms with Gasteiger partial charge in [-0.15, -0.1) is 0 Å². The monoisotopic (exact) mass is 263 g/mol. The molecule has 2 atom stereocenters. The minimum absolute atomic E-state index is 0.0191. The number of aliphatic hydroxyl groups excluding tert-OH is 1. The van der Waals surface area contributed by atoms with Crippen LogP contribution in [-0.4, -0.2) is 47.0 Å².